The number of aliphatic hydroxyl groups is 1. The molecule has 2 unspecified atom stereocenters. The van der Waals surface area contributed by atoms with Crippen LogP contribution in [0.15, 0.2) is 47.0 Å². The maximum Gasteiger partial charge on any atom is 0.145 e. The van der Waals surface area contributed by atoms with Gasteiger partial charge < -0.3 is 14.4 Å². The Balaban J connectivity index is 1.23. The second-order valence-corrected chi connectivity index (χ2v) is 12.6. The Kier molecular flexibility index (Phi) is 6.60. The summed E-state index contributed by atoms with van der Waals surface area (Å²) >= 11 is 13.0. The third-order valence-corrected chi connectivity index (χ3v) is 9.59. The normalized spacial score (nSPS) is 26.9. The van der Waals surface area contributed by atoms with E-state index in [1.807, 2.05) is 56.3 Å². The quantitative estimate of drug-likeness (QED) is 0.323. The van der Waals surface area contributed by atoms with E-state index in [9.17, 15) is 10.4 Å². The van der Waals surface area contributed by atoms with Crippen molar-refractivity contribution in [3.05, 3.63) is 75.0 Å². The van der Waals surface area contributed by atoms with Gasteiger partial charge in [0.05, 0.1) is 39.8 Å². The van der Waals surface area contributed by atoms with Crippen molar-refractivity contribution in [3.8, 4) is 17.3 Å². The van der Waals surface area contributed by atoms with Gasteiger partial charge in [0, 0.05) is 17.0 Å². The van der Waals surface area contributed by atoms with Gasteiger partial charge in [0.25, 0.3) is 0 Å². The lowest BCUT2D eigenvalue weighted by atomic mass is 9.69. The monoisotopic (exact) mass is 550 g/mol. The first kappa shape index (κ1) is 25.9. The van der Waals surface area contributed by atoms with Crippen molar-refractivity contribution >= 4 is 23.2 Å². The van der Waals surface area contributed by atoms with Gasteiger partial charge in [-0.1, -0.05) is 58.7 Å². The Morgan fingerprint density at radius 3 is 2.37 bits per heavy atom. The van der Waals surface area contributed by atoms with Crippen molar-refractivity contribution < 1.29 is 14.4 Å². The first-order valence-corrected chi connectivity index (χ1v) is 14.3. The molecule has 3 fully saturated rings. The maximum atomic E-state index is 12.1. The molecule has 6 rings (SSSR count). The van der Waals surface area contributed by atoms with Crippen molar-refractivity contribution in [2.45, 2.75) is 82.0 Å². The van der Waals surface area contributed by atoms with Crippen LogP contribution in [0.2, 0.25) is 10.0 Å². The molecule has 3 aliphatic rings. The van der Waals surface area contributed by atoms with Crippen LogP contribution in [0, 0.1) is 23.2 Å². The molecule has 3 aromatic rings. The fourth-order valence-corrected chi connectivity index (χ4v) is 7.16. The predicted octanol–water partition coefficient (Wildman–Crippen LogP) is 7.92. The minimum Gasteiger partial charge on any atom is -0.385 e. The lowest BCUT2D eigenvalue weighted by molar-refractivity contribution is -0.116. The molecule has 1 aromatic heterocycles. The molecule has 5 nitrogen and oxygen atoms in total. The Morgan fingerprint density at radius 2 is 1.74 bits per heavy atom. The summed E-state index contributed by atoms with van der Waals surface area (Å²) in [6.45, 7) is 4.21. The maximum absolute atomic E-state index is 12.1. The van der Waals surface area contributed by atoms with E-state index >= 15 is 0 Å². The zero-order valence-electron chi connectivity index (χ0n) is 21.7. The van der Waals surface area contributed by atoms with Gasteiger partial charge in [-0.05, 0) is 87.5 Å². The number of halogens is 2. The largest absolute Gasteiger partial charge is 0.385 e. The molecular weight excluding hydrogens is 519 g/mol. The highest BCUT2D eigenvalue weighted by molar-refractivity contribution is 6.39. The summed E-state index contributed by atoms with van der Waals surface area (Å²) in [6.07, 6.45) is 5.70. The van der Waals surface area contributed by atoms with E-state index in [0.717, 1.165) is 61.0 Å². The number of nitrogens with zero attached hydrogens (tertiary/aromatic N) is 2. The van der Waals surface area contributed by atoms with E-state index < -0.39 is 11.0 Å². The van der Waals surface area contributed by atoms with Crippen LogP contribution in [0.5, 0.6) is 0 Å². The van der Waals surface area contributed by atoms with E-state index in [4.69, 9.17) is 32.5 Å². The smallest absolute Gasteiger partial charge is 0.145 e. The van der Waals surface area contributed by atoms with Gasteiger partial charge in [-0.25, -0.2) is 0 Å². The molecule has 198 valence electrons. The average Bonchev–Trinajstić information content (AvgIpc) is 3.65. The molecule has 3 saturated carbocycles. The molecule has 1 heterocycles. The third-order valence-electron chi connectivity index (χ3n) is 8.96. The van der Waals surface area contributed by atoms with Gasteiger partial charge in [-0.2, -0.15) is 5.26 Å². The van der Waals surface area contributed by atoms with Gasteiger partial charge >= 0.3 is 0 Å². The highest BCUT2D eigenvalue weighted by Gasteiger charge is 2.54. The highest BCUT2D eigenvalue weighted by atomic mass is 35.5. The second-order valence-electron chi connectivity index (χ2n) is 11.8. The summed E-state index contributed by atoms with van der Waals surface area (Å²) in [6, 6.07) is 15.8. The molecule has 0 radical (unpaired) electrons. The number of nitriles is 1. The minimum absolute atomic E-state index is 0.0306. The van der Waals surface area contributed by atoms with Crippen molar-refractivity contribution in [1.29, 1.82) is 5.26 Å². The van der Waals surface area contributed by atoms with Crippen molar-refractivity contribution in [2.24, 2.45) is 11.8 Å². The molecule has 0 saturated heterocycles. The first-order chi connectivity index (χ1) is 18.2. The van der Waals surface area contributed by atoms with Crippen molar-refractivity contribution in [2.75, 3.05) is 0 Å². The summed E-state index contributed by atoms with van der Waals surface area (Å²) in [5.41, 5.74) is 2.64. The van der Waals surface area contributed by atoms with Crippen LogP contribution >= 0.6 is 23.2 Å². The van der Waals surface area contributed by atoms with Crippen LogP contribution in [0.3, 0.4) is 0 Å². The fraction of sp³-hybridized carbons (Fsp3) is 0.484. The number of rotatable bonds is 7. The Morgan fingerprint density at radius 1 is 1.08 bits per heavy atom. The van der Waals surface area contributed by atoms with Crippen molar-refractivity contribution in [1.82, 2.24) is 5.16 Å². The topological polar surface area (TPSA) is 79.3 Å². The van der Waals surface area contributed by atoms with Crippen molar-refractivity contribution in [3.63, 3.8) is 0 Å². The molecule has 2 aromatic carbocycles. The Labute approximate surface area is 233 Å². The molecule has 38 heavy (non-hydrogen) atoms. The first-order valence-electron chi connectivity index (χ1n) is 13.5. The SMILES string of the molecule is CC(C)(C#N)c1cccc(C2(O)C3CCC2CC(OCc2c(-c4c(Cl)cccc4Cl)noc2C2CC2)C3)c1. The number of hydrogen-bond donors (Lipinski definition) is 1. The summed E-state index contributed by atoms with van der Waals surface area (Å²) in [5, 5.41) is 27.2. The number of fused-ring (bicyclic) bond motifs is 2. The molecule has 2 bridgehead atoms. The summed E-state index contributed by atoms with van der Waals surface area (Å²) < 4.78 is 12.4. The van der Waals surface area contributed by atoms with Crippen LogP contribution in [-0.2, 0) is 22.4 Å². The average molecular weight is 552 g/mol. The number of aromatic nitrogens is 1. The predicted molar refractivity (Wildman–Crippen MR) is 147 cm³/mol. The molecule has 7 heteroatoms. The molecule has 0 amide bonds. The standard InChI is InChI=1S/C31H32Cl2N2O3/c1-30(2,17-34)19-5-3-6-20(13-19)31(36)21-11-12-22(31)15-23(14-21)37-16-24-28(35-38-29(24)18-9-10-18)27-25(32)7-4-8-26(27)33/h3-8,13,18,21-23,36H,9-12,14-16H2,1-2H3. The number of ether oxygens (including phenoxy) is 1. The number of hydrogen-bond acceptors (Lipinski definition) is 5. The van der Waals surface area contributed by atoms with Gasteiger partial charge in [0.2, 0.25) is 0 Å². The lowest BCUT2D eigenvalue weighted by Crippen LogP contribution is -2.44. The van der Waals surface area contributed by atoms with E-state index in [0.29, 0.717) is 33.8 Å². The zero-order valence-corrected chi connectivity index (χ0v) is 23.2. The summed E-state index contributed by atoms with van der Waals surface area (Å²) in [4.78, 5) is 0. The third kappa shape index (κ3) is 4.36. The minimum atomic E-state index is -0.895. The van der Waals surface area contributed by atoms with Gasteiger partial charge in [-0.15, -0.1) is 0 Å². The molecular formula is C31H32Cl2N2O3. The van der Waals surface area contributed by atoms with E-state index in [-0.39, 0.29) is 17.9 Å². The van der Waals surface area contributed by atoms with Gasteiger partial charge in [0.15, 0.2) is 0 Å². The second kappa shape index (κ2) is 9.68. The molecule has 3 aliphatic carbocycles. The van der Waals surface area contributed by atoms with E-state index in [2.05, 4.69) is 11.2 Å². The van der Waals surface area contributed by atoms with Crippen LogP contribution < -0.4 is 0 Å². The summed E-state index contributed by atoms with van der Waals surface area (Å²) in [5.74, 6) is 1.46. The Bertz CT molecular complexity index is 1370. The van der Waals surface area contributed by atoms with Crippen LogP contribution in [0.25, 0.3) is 11.3 Å². The molecule has 1 N–H and O–H groups in total. The Hall–Kier alpha value is -2.36. The van der Waals surface area contributed by atoms with Gasteiger partial charge in [0.1, 0.15) is 11.5 Å². The number of benzene rings is 2. The van der Waals surface area contributed by atoms with E-state index in [1.165, 1.54) is 0 Å². The van der Waals surface area contributed by atoms with Gasteiger partial charge in [-0.3, -0.25) is 0 Å². The highest BCUT2D eigenvalue weighted by Crippen LogP contribution is 2.56. The zero-order chi connectivity index (χ0) is 26.7. The van der Waals surface area contributed by atoms with E-state index in [1.54, 1.807) is 0 Å². The van der Waals surface area contributed by atoms with Crippen LogP contribution in [0.4, 0.5) is 0 Å². The molecule has 0 spiro atoms. The fourth-order valence-electron chi connectivity index (χ4n) is 6.58. The molecule has 2 atom stereocenters. The lowest BCUT2D eigenvalue weighted by Gasteiger charge is -2.43. The summed E-state index contributed by atoms with van der Waals surface area (Å²) in [7, 11) is 0. The van der Waals surface area contributed by atoms with Crippen LogP contribution in [0.1, 0.15) is 80.7 Å². The molecule has 0 aliphatic heterocycles. The van der Waals surface area contributed by atoms with Crippen LogP contribution in [-0.4, -0.2) is 16.4 Å².